The van der Waals surface area contributed by atoms with Gasteiger partial charge in [0.15, 0.2) is 34.9 Å². The first-order valence-electron chi connectivity index (χ1n) is 8.04. The van der Waals surface area contributed by atoms with E-state index in [2.05, 4.69) is 29.9 Å². The number of pyridine rings is 3. The molecule has 0 bridgehead atoms. The monoisotopic (exact) mass is 420 g/mol. The van der Waals surface area contributed by atoms with Crippen molar-refractivity contribution < 1.29 is 26.3 Å². The number of hydrogen-bond acceptors (Lipinski definition) is 6. The summed E-state index contributed by atoms with van der Waals surface area (Å²) in [5.74, 6) is -10.4. The molecule has 6 nitrogen and oxygen atoms in total. The Hall–Kier alpha value is -3.96. The van der Waals surface area contributed by atoms with Crippen LogP contribution in [0.2, 0.25) is 0 Å². The van der Waals surface area contributed by atoms with Crippen LogP contribution in [0, 0.1) is 35.3 Å². The first kappa shape index (κ1) is 19.4. The van der Waals surface area contributed by atoms with Gasteiger partial charge in [0, 0.05) is 18.6 Å². The van der Waals surface area contributed by atoms with Gasteiger partial charge in [0.25, 0.3) is 0 Å². The Morgan fingerprint density at radius 3 is 0.967 bits per heavy atom. The van der Waals surface area contributed by atoms with Crippen LogP contribution >= 0.6 is 0 Å². The van der Waals surface area contributed by atoms with E-state index in [1.807, 2.05) is 0 Å². The van der Waals surface area contributed by atoms with E-state index >= 15 is 0 Å². The number of nitrogens with zero attached hydrogens (tertiary/aromatic N) is 6. The molecule has 150 valence electrons. The molecule has 30 heavy (non-hydrogen) atoms. The molecule has 0 aliphatic rings. The van der Waals surface area contributed by atoms with Crippen molar-refractivity contribution in [2.75, 3.05) is 0 Å². The Morgan fingerprint density at radius 2 is 0.700 bits per heavy atom. The zero-order chi connectivity index (χ0) is 21.4. The van der Waals surface area contributed by atoms with E-state index in [9.17, 15) is 26.3 Å². The molecular weight excluding hydrogens is 414 g/mol. The van der Waals surface area contributed by atoms with Crippen LogP contribution < -0.4 is 0 Å². The summed E-state index contributed by atoms with van der Waals surface area (Å²) in [4.78, 5) is 20.9. The van der Waals surface area contributed by atoms with Gasteiger partial charge >= 0.3 is 0 Å². The lowest BCUT2D eigenvalue weighted by Gasteiger charge is -2.10. The highest BCUT2D eigenvalue weighted by Crippen LogP contribution is 2.29. The molecule has 4 aromatic heterocycles. The molecule has 0 atom stereocenters. The van der Waals surface area contributed by atoms with Crippen LogP contribution in [-0.2, 0) is 0 Å². The number of rotatable bonds is 3. The lowest BCUT2D eigenvalue weighted by Crippen LogP contribution is -2.06. The lowest BCUT2D eigenvalue weighted by molar-refractivity contribution is 0.479. The van der Waals surface area contributed by atoms with E-state index in [0.717, 1.165) is 36.8 Å². The van der Waals surface area contributed by atoms with E-state index in [1.165, 1.54) is 0 Å². The molecule has 0 saturated carbocycles. The minimum absolute atomic E-state index is 0.516. The fourth-order valence-corrected chi connectivity index (χ4v) is 2.51. The van der Waals surface area contributed by atoms with E-state index in [1.54, 1.807) is 0 Å². The zero-order valence-corrected chi connectivity index (χ0v) is 14.4. The SMILES string of the molecule is Fc1nccc(-c2nc(-c3ccnc(F)c3F)nc(-c3ccnc(F)c3F)n2)c1F. The number of halogens is 6. The van der Waals surface area contributed by atoms with Crippen LogP contribution in [-0.4, -0.2) is 29.9 Å². The molecule has 0 unspecified atom stereocenters. The predicted molar refractivity (Wildman–Crippen MR) is 89.3 cm³/mol. The maximum absolute atomic E-state index is 14.2. The summed E-state index contributed by atoms with van der Waals surface area (Å²) in [7, 11) is 0. The molecule has 0 amide bonds. The van der Waals surface area contributed by atoms with Crippen molar-refractivity contribution in [2.24, 2.45) is 0 Å². The van der Waals surface area contributed by atoms with E-state index in [4.69, 9.17) is 0 Å². The van der Waals surface area contributed by atoms with Gasteiger partial charge in [-0.25, -0.2) is 43.1 Å². The topological polar surface area (TPSA) is 77.3 Å². The standard InChI is InChI=1S/C18H6F6N6/c19-10-7(1-4-25-13(10)22)16-28-17(8-2-5-26-14(23)11(8)20)30-18(29-16)9-3-6-27-15(24)12(9)21/h1-6H. The number of aromatic nitrogens is 6. The molecule has 0 aliphatic carbocycles. The Bertz CT molecular complexity index is 1110. The summed E-state index contributed by atoms with van der Waals surface area (Å²) in [6.07, 6.45) is 2.74. The molecule has 0 radical (unpaired) electrons. The maximum atomic E-state index is 14.2. The molecular formula is C18H6F6N6. The van der Waals surface area contributed by atoms with Crippen LogP contribution in [0.4, 0.5) is 26.3 Å². The summed E-state index contributed by atoms with van der Waals surface area (Å²) >= 11 is 0. The fraction of sp³-hybridized carbons (Fsp3) is 0. The molecule has 4 rings (SSSR count). The maximum Gasteiger partial charge on any atom is 0.249 e. The Balaban J connectivity index is 2.03. The third-order valence-electron chi connectivity index (χ3n) is 3.90. The second-order valence-corrected chi connectivity index (χ2v) is 5.70. The molecule has 12 heteroatoms. The van der Waals surface area contributed by atoms with Crippen molar-refractivity contribution in [3.63, 3.8) is 0 Å². The lowest BCUT2D eigenvalue weighted by atomic mass is 10.2. The van der Waals surface area contributed by atoms with Gasteiger partial charge < -0.3 is 0 Å². The van der Waals surface area contributed by atoms with Gasteiger partial charge in [-0.15, -0.1) is 0 Å². The zero-order valence-electron chi connectivity index (χ0n) is 14.4. The Kier molecular flexibility index (Phi) is 4.82. The molecule has 0 aliphatic heterocycles. The van der Waals surface area contributed by atoms with Gasteiger partial charge in [-0.2, -0.15) is 13.2 Å². The largest absolute Gasteiger partial charge is 0.249 e. The van der Waals surface area contributed by atoms with Crippen LogP contribution in [0.1, 0.15) is 0 Å². The van der Waals surface area contributed by atoms with Crippen LogP contribution in [0.25, 0.3) is 34.2 Å². The summed E-state index contributed by atoms with van der Waals surface area (Å²) < 4.78 is 83.3. The van der Waals surface area contributed by atoms with Gasteiger partial charge in [0.2, 0.25) is 17.8 Å². The summed E-state index contributed by atoms with van der Waals surface area (Å²) in [6, 6.07) is 3.02. The third-order valence-corrected chi connectivity index (χ3v) is 3.90. The summed E-state index contributed by atoms with van der Waals surface area (Å²) in [6.45, 7) is 0. The highest BCUT2D eigenvalue weighted by molar-refractivity contribution is 5.66. The smallest absolute Gasteiger partial charge is 0.226 e. The van der Waals surface area contributed by atoms with Crippen LogP contribution in [0.5, 0.6) is 0 Å². The first-order chi connectivity index (χ1) is 14.4. The van der Waals surface area contributed by atoms with E-state index in [0.29, 0.717) is 0 Å². The molecule has 0 N–H and O–H groups in total. The summed E-state index contributed by atoms with van der Waals surface area (Å²) in [5.41, 5.74) is -1.55. The third kappa shape index (κ3) is 3.32. The first-order valence-corrected chi connectivity index (χ1v) is 8.04. The molecule has 0 aromatic carbocycles. The molecule has 0 saturated heterocycles. The minimum Gasteiger partial charge on any atom is -0.226 e. The Morgan fingerprint density at radius 1 is 0.433 bits per heavy atom. The van der Waals surface area contributed by atoms with Crippen LogP contribution in [0.15, 0.2) is 36.8 Å². The summed E-state index contributed by atoms with van der Waals surface area (Å²) in [5, 5.41) is 0. The van der Waals surface area contributed by atoms with Crippen molar-refractivity contribution in [1.29, 1.82) is 0 Å². The van der Waals surface area contributed by atoms with Gasteiger partial charge in [0.1, 0.15) is 0 Å². The molecule has 0 spiro atoms. The van der Waals surface area contributed by atoms with E-state index < -0.39 is 69.5 Å². The van der Waals surface area contributed by atoms with Crippen molar-refractivity contribution >= 4 is 0 Å². The van der Waals surface area contributed by atoms with Gasteiger partial charge in [-0.1, -0.05) is 0 Å². The van der Waals surface area contributed by atoms with E-state index in [-0.39, 0.29) is 0 Å². The highest BCUT2D eigenvalue weighted by atomic mass is 19.2. The van der Waals surface area contributed by atoms with Crippen molar-refractivity contribution in [3.8, 4) is 34.2 Å². The van der Waals surface area contributed by atoms with Crippen molar-refractivity contribution in [1.82, 2.24) is 29.9 Å². The second-order valence-electron chi connectivity index (χ2n) is 5.70. The van der Waals surface area contributed by atoms with Gasteiger partial charge in [-0.05, 0) is 18.2 Å². The quantitative estimate of drug-likeness (QED) is 0.370. The average molecular weight is 420 g/mol. The average Bonchev–Trinajstić information content (AvgIpc) is 2.73. The fourth-order valence-electron chi connectivity index (χ4n) is 2.51. The molecule has 4 heterocycles. The number of hydrogen-bond donors (Lipinski definition) is 0. The molecule has 4 aromatic rings. The van der Waals surface area contributed by atoms with Gasteiger partial charge in [-0.3, -0.25) is 0 Å². The highest BCUT2D eigenvalue weighted by Gasteiger charge is 2.22. The Labute approximate surface area is 163 Å². The normalized spacial score (nSPS) is 11.0. The van der Waals surface area contributed by atoms with Gasteiger partial charge in [0.05, 0.1) is 16.7 Å². The minimum atomic E-state index is -1.47. The van der Waals surface area contributed by atoms with Crippen molar-refractivity contribution in [3.05, 3.63) is 72.1 Å². The van der Waals surface area contributed by atoms with Crippen molar-refractivity contribution in [2.45, 2.75) is 0 Å². The molecule has 0 fully saturated rings. The second kappa shape index (κ2) is 7.46. The van der Waals surface area contributed by atoms with Crippen LogP contribution in [0.3, 0.4) is 0 Å². The predicted octanol–water partition coefficient (Wildman–Crippen LogP) is 3.89.